The van der Waals surface area contributed by atoms with Crippen molar-refractivity contribution in [3.05, 3.63) is 71.9 Å². The lowest BCUT2D eigenvalue weighted by Crippen LogP contribution is -1.98. The highest BCUT2D eigenvalue weighted by Crippen LogP contribution is 2.16. The van der Waals surface area contributed by atoms with Crippen LogP contribution >= 0.6 is 0 Å². The fraction of sp³-hybridized carbons (Fsp3) is 0.167. The summed E-state index contributed by atoms with van der Waals surface area (Å²) >= 11 is 0. The molecule has 0 radical (unpaired) electrons. The van der Waals surface area contributed by atoms with Gasteiger partial charge in [-0.05, 0) is 30.2 Å². The van der Waals surface area contributed by atoms with E-state index in [1.165, 1.54) is 11.6 Å². The fourth-order valence-electron chi connectivity index (χ4n) is 2.05. The maximum Gasteiger partial charge on any atom is 0.187 e. The zero-order valence-electron chi connectivity index (χ0n) is 12.3. The number of ketones is 1. The molecule has 3 nitrogen and oxygen atoms in total. The molecule has 0 bridgehead atoms. The van der Waals surface area contributed by atoms with Crippen LogP contribution in [0.1, 0.15) is 22.8 Å². The first-order chi connectivity index (χ1) is 10.2. The van der Waals surface area contributed by atoms with Gasteiger partial charge in [-0.15, -0.1) is 0 Å². The van der Waals surface area contributed by atoms with E-state index < -0.39 is 0 Å². The number of carbonyl (C=O) groups is 1. The largest absolute Gasteiger partial charge is 0.497 e. The minimum absolute atomic E-state index is 0.0598. The lowest BCUT2D eigenvalue weighted by Gasteiger charge is -2.06. The molecule has 0 heterocycles. The zero-order valence-corrected chi connectivity index (χ0v) is 12.3. The molecule has 108 valence electrons. The highest BCUT2D eigenvalue weighted by molar-refractivity contribution is 6.04. The lowest BCUT2D eigenvalue weighted by atomic mass is 10.1. The molecule has 2 aromatic carbocycles. The van der Waals surface area contributed by atoms with Gasteiger partial charge in [0, 0.05) is 23.5 Å². The van der Waals surface area contributed by atoms with E-state index in [-0.39, 0.29) is 5.78 Å². The first-order valence-electron chi connectivity index (χ1n) is 6.94. The summed E-state index contributed by atoms with van der Waals surface area (Å²) in [4.78, 5) is 12.1. The molecule has 0 aliphatic heterocycles. The summed E-state index contributed by atoms with van der Waals surface area (Å²) in [5, 5.41) is 3.16. The van der Waals surface area contributed by atoms with Gasteiger partial charge in [0.2, 0.25) is 0 Å². The van der Waals surface area contributed by atoms with Gasteiger partial charge in [-0.25, -0.2) is 0 Å². The maximum atomic E-state index is 12.1. The number of allylic oxidation sites excluding steroid dienone is 1. The Labute approximate surface area is 125 Å². The maximum absolute atomic E-state index is 12.1. The summed E-state index contributed by atoms with van der Waals surface area (Å²) in [6.07, 6.45) is 4.15. The standard InChI is InChI=1S/C18H19NO2/c1-3-14-7-4-5-10-17(14)19-12-11-18(20)15-8-6-9-16(13-15)21-2/h4-13,19H,3H2,1-2H3/b12-11+. The van der Waals surface area contributed by atoms with Crippen LogP contribution in [-0.4, -0.2) is 12.9 Å². The molecule has 2 aromatic rings. The second kappa shape index (κ2) is 7.29. The number of carbonyl (C=O) groups excluding carboxylic acids is 1. The van der Waals surface area contributed by atoms with Crippen LogP contribution in [0.15, 0.2) is 60.8 Å². The average Bonchev–Trinajstić information content (AvgIpc) is 2.55. The molecular weight excluding hydrogens is 262 g/mol. The van der Waals surface area contributed by atoms with Crippen molar-refractivity contribution >= 4 is 11.5 Å². The van der Waals surface area contributed by atoms with Gasteiger partial charge in [-0.1, -0.05) is 37.3 Å². The summed E-state index contributed by atoms with van der Waals surface area (Å²) in [5.74, 6) is 0.619. The molecule has 0 aliphatic carbocycles. The molecule has 0 spiro atoms. The fourth-order valence-corrected chi connectivity index (χ4v) is 2.05. The van der Waals surface area contributed by atoms with Crippen LogP contribution in [0.5, 0.6) is 5.75 Å². The molecule has 0 saturated carbocycles. The van der Waals surface area contributed by atoms with Crippen LogP contribution in [0.2, 0.25) is 0 Å². The number of aryl methyl sites for hydroxylation is 1. The molecule has 3 heteroatoms. The highest BCUT2D eigenvalue weighted by atomic mass is 16.5. The normalized spacial score (nSPS) is 10.6. The molecule has 0 atom stereocenters. The third-order valence-electron chi connectivity index (χ3n) is 3.23. The third kappa shape index (κ3) is 3.96. The number of ether oxygens (including phenoxy) is 1. The van der Waals surface area contributed by atoms with E-state index in [1.807, 2.05) is 24.3 Å². The first-order valence-corrected chi connectivity index (χ1v) is 6.94. The van der Waals surface area contributed by atoms with E-state index in [2.05, 4.69) is 18.3 Å². The monoisotopic (exact) mass is 281 g/mol. The molecule has 0 aliphatic rings. The van der Waals surface area contributed by atoms with Gasteiger partial charge in [0.15, 0.2) is 5.78 Å². The molecule has 0 fully saturated rings. The van der Waals surface area contributed by atoms with Crippen molar-refractivity contribution in [3.63, 3.8) is 0 Å². The highest BCUT2D eigenvalue weighted by Gasteiger charge is 2.03. The number of methoxy groups -OCH3 is 1. The second-order valence-corrected chi connectivity index (χ2v) is 4.58. The average molecular weight is 281 g/mol. The number of para-hydroxylation sites is 1. The van der Waals surface area contributed by atoms with Gasteiger partial charge in [-0.3, -0.25) is 4.79 Å². The Morgan fingerprint density at radius 3 is 2.76 bits per heavy atom. The quantitative estimate of drug-likeness (QED) is 0.641. The minimum Gasteiger partial charge on any atom is -0.497 e. The van der Waals surface area contributed by atoms with E-state index in [0.717, 1.165) is 12.1 Å². The SMILES string of the molecule is CCc1ccccc1N/C=C/C(=O)c1cccc(OC)c1. The number of anilines is 1. The Balaban J connectivity index is 2.05. The summed E-state index contributed by atoms with van der Waals surface area (Å²) < 4.78 is 5.12. The minimum atomic E-state index is -0.0598. The van der Waals surface area contributed by atoms with Gasteiger partial charge in [0.25, 0.3) is 0 Å². The summed E-state index contributed by atoms with van der Waals surface area (Å²) in [7, 11) is 1.59. The van der Waals surface area contributed by atoms with Crippen LogP contribution in [0.3, 0.4) is 0 Å². The smallest absolute Gasteiger partial charge is 0.187 e. The Kier molecular flexibility index (Phi) is 5.16. The zero-order chi connectivity index (χ0) is 15.1. The molecule has 1 N–H and O–H groups in total. The number of rotatable bonds is 6. The van der Waals surface area contributed by atoms with Crippen molar-refractivity contribution in [3.8, 4) is 5.75 Å². The predicted molar refractivity (Wildman–Crippen MR) is 85.9 cm³/mol. The van der Waals surface area contributed by atoms with Crippen molar-refractivity contribution in [2.45, 2.75) is 13.3 Å². The molecule has 0 unspecified atom stereocenters. The van der Waals surface area contributed by atoms with Gasteiger partial charge in [-0.2, -0.15) is 0 Å². The van der Waals surface area contributed by atoms with Crippen LogP contribution in [0.25, 0.3) is 0 Å². The van der Waals surface area contributed by atoms with Gasteiger partial charge in [0.05, 0.1) is 7.11 Å². The Morgan fingerprint density at radius 2 is 2.00 bits per heavy atom. The van der Waals surface area contributed by atoms with Crippen molar-refractivity contribution in [2.24, 2.45) is 0 Å². The van der Waals surface area contributed by atoms with Gasteiger partial charge < -0.3 is 10.1 Å². The third-order valence-corrected chi connectivity index (χ3v) is 3.23. The summed E-state index contributed by atoms with van der Waals surface area (Å²) in [5.41, 5.74) is 2.85. The number of hydrogen-bond donors (Lipinski definition) is 1. The molecule has 0 aromatic heterocycles. The Morgan fingerprint density at radius 1 is 1.19 bits per heavy atom. The Hall–Kier alpha value is -2.55. The first kappa shape index (κ1) is 14.9. The van der Waals surface area contributed by atoms with E-state index in [1.54, 1.807) is 31.5 Å². The van der Waals surface area contributed by atoms with E-state index >= 15 is 0 Å². The topological polar surface area (TPSA) is 38.3 Å². The van der Waals surface area contributed by atoms with Gasteiger partial charge >= 0.3 is 0 Å². The number of hydrogen-bond acceptors (Lipinski definition) is 3. The van der Waals surface area contributed by atoms with Crippen molar-refractivity contribution in [1.82, 2.24) is 0 Å². The van der Waals surface area contributed by atoms with Crippen LogP contribution in [-0.2, 0) is 6.42 Å². The molecule has 0 saturated heterocycles. The predicted octanol–water partition coefficient (Wildman–Crippen LogP) is 4.07. The Bertz CT molecular complexity index is 647. The number of benzene rings is 2. The molecule has 2 rings (SSSR count). The van der Waals surface area contributed by atoms with Crippen molar-refractivity contribution in [1.29, 1.82) is 0 Å². The lowest BCUT2D eigenvalue weighted by molar-refractivity contribution is 0.104. The van der Waals surface area contributed by atoms with Crippen molar-refractivity contribution in [2.75, 3.05) is 12.4 Å². The van der Waals surface area contributed by atoms with Crippen LogP contribution < -0.4 is 10.1 Å². The van der Waals surface area contributed by atoms with E-state index in [9.17, 15) is 4.79 Å². The van der Waals surface area contributed by atoms with Crippen LogP contribution in [0, 0.1) is 0 Å². The number of nitrogens with one attached hydrogen (secondary N) is 1. The molecular formula is C18H19NO2. The van der Waals surface area contributed by atoms with Gasteiger partial charge in [0.1, 0.15) is 5.75 Å². The summed E-state index contributed by atoms with van der Waals surface area (Å²) in [6, 6.07) is 15.2. The van der Waals surface area contributed by atoms with E-state index in [0.29, 0.717) is 11.3 Å². The molecule has 21 heavy (non-hydrogen) atoms. The van der Waals surface area contributed by atoms with Crippen LogP contribution in [0.4, 0.5) is 5.69 Å². The van der Waals surface area contributed by atoms with Crippen molar-refractivity contribution < 1.29 is 9.53 Å². The molecule has 0 amide bonds. The van der Waals surface area contributed by atoms with E-state index in [4.69, 9.17) is 4.74 Å². The second-order valence-electron chi connectivity index (χ2n) is 4.58. The summed E-state index contributed by atoms with van der Waals surface area (Å²) in [6.45, 7) is 2.10.